The summed E-state index contributed by atoms with van der Waals surface area (Å²) in [5, 5.41) is 3.09. The molecule has 0 saturated heterocycles. The molecule has 1 N–H and O–H groups in total. The van der Waals surface area contributed by atoms with E-state index < -0.39 is 0 Å². The maximum atomic E-state index is 5.17. The van der Waals surface area contributed by atoms with Crippen LogP contribution in [0.1, 0.15) is 18.9 Å². The molecule has 0 aliphatic rings. The zero-order valence-corrected chi connectivity index (χ0v) is 7.99. The average molecular weight is 178 g/mol. The molecular formula is C11H16NO. The van der Waals surface area contributed by atoms with Crippen LogP contribution >= 0.6 is 0 Å². The third kappa shape index (κ3) is 4.65. The van der Waals surface area contributed by atoms with Crippen LogP contribution in [-0.4, -0.2) is 6.61 Å². The standard InChI is InChI=1S/C11H16NO/c1-2-8-13-10-12-9-11-6-4-3-5-7-11/h3-7,10,12H,2,8-9H2,1H3. The minimum atomic E-state index is 0.780. The smallest absolute Gasteiger partial charge is 0.148 e. The molecule has 0 bridgehead atoms. The normalized spacial score (nSPS) is 10.2. The van der Waals surface area contributed by atoms with E-state index in [2.05, 4.69) is 24.4 Å². The first-order valence-corrected chi connectivity index (χ1v) is 4.64. The minimum Gasteiger partial charge on any atom is -0.359 e. The quantitative estimate of drug-likeness (QED) is 0.675. The van der Waals surface area contributed by atoms with Gasteiger partial charge >= 0.3 is 0 Å². The fraction of sp³-hybridized carbons (Fsp3) is 0.364. The second kappa shape index (κ2) is 6.63. The van der Waals surface area contributed by atoms with Crippen molar-refractivity contribution in [1.29, 1.82) is 0 Å². The average Bonchev–Trinajstić information content (AvgIpc) is 2.19. The molecule has 0 atom stereocenters. The van der Waals surface area contributed by atoms with Crippen LogP contribution < -0.4 is 5.32 Å². The monoisotopic (exact) mass is 178 g/mol. The zero-order chi connectivity index (χ0) is 9.36. The van der Waals surface area contributed by atoms with Gasteiger partial charge in [-0.25, -0.2) is 0 Å². The summed E-state index contributed by atoms with van der Waals surface area (Å²) in [6, 6.07) is 10.2. The Morgan fingerprint density at radius 3 is 2.77 bits per heavy atom. The van der Waals surface area contributed by atoms with Gasteiger partial charge in [0.1, 0.15) is 6.73 Å². The minimum absolute atomic E-state index is 0.780. The summed E-state index contributed by atoms with van der Waals surface area (Å²) in [5.41, 5.74) is 1.26. The summed E-state index contributed by atoms with van der Waals surface area (Å²) in [6.45, 7) is 5.36. The van der Waals surface area contributed by atoms with Crippen LogP contribution in [0, 0.1) is 6.73 Å². The Morgan fingerprint density at radius 1 is 1.31 bits per heavy atom. The Hall–Kier alpha value is -0.860. The first kappa shape index (κ1) is 10.2. The highest BCUT2D eigenvalue weighted by Crippen LogP contribution is 1.97. The van der Waals surface area contributed by atoms with E-state index >= 15 is 0 Å². The predicted octanol–water partition coefficient (Wildman–Crippen LogP) is 2.32. The molecule has 1 radical (unpaired) electrons. The van der Waals surface area contributed by atoms with Gasteiger partial charge in [0, 0.05) is 13.2 Å². The molecule has 2 heteroatoms. The van der Waals surface area contributed by atoms with Crippen molar-refractivity contribution in [3.63, 3.8) is 0 Å². The van der Waals surface area contributed by atoms with Crippen LogP contribution in [0.4, 0.5) is 0 Å². The van der Waals surface area contributed by atoms with Crippen molar-refractivity contribution in [2.45, 2.75) is 19.9 Å². The van der Waals surface area contributed by atoms with Gasteiger partial charge in [-0.05, 0) is 12.0 Å². The number of hydrogen-bond donors (Lipinski definition) is 1. The van der Waals surface area contributed by atoms with Crippen molar-refractivity contribution in [3.05, 3.63) is 42.6 Å². The van der Waals surface area contributed by atoms with E-state index in [1.54, 1.807) is 6.73 Å². The fourth-order valence-corrected chi connectivity index (χ4v) is 0.991. The largest absolute Gasteiger partial charge is 0.359 e. The van der Waals surface area contributed by atoms with Crippen molar-refractivity contribution < 1.29 is 4.74 Å². The van der Waals surface area contributed by atoms with Crippen molar-refractivity contribution in [2.75, 3.05) is 6.61 Å². The van der Waals surface area contributed by atoms with Gasteiger partial charge in [0.15, 0.2) is 0 Å². The maximum Gasteiger partial charge on any atom is 0.148 e. The Morgan fingerprint density at radius 2 is 2.08 bits per heavy atom. The molecule has 0 aliphatic carbocycles. The summed E-state index contributed by atoms with van der Waals surface area (Å²) in [4.78, 5) is 0. The molecule has 0 aromatic heterocycles. The fourth-order valence-electron chi connectivity index (χ4n) is 0.991. The van der Waals surface area contributed by atoms with E-state index in [-0.39, 0.29) is 0 Å². The molecule has 0 saturated carbocycles. The molecule has 0 unspecified atom stereocenters. The predicted molar refractivity (Wildman–Crippen MR) is 53.8 cm³/mol. The van der Waals surface area contributed by atoms with Crippen LogP contribution in [-0.2, 0) is 11.3 Å². The van der Waals surface area contributed by atoms with Gasteiger partial charge in [-0.2, -0.15) is 0 Å². The lowest BCUT2D eigenvalue weighted by atomic mass is 10.2. The van der Waals surface area contributed by atoms with Crippen molar-refractivity contribution in [2.24, 2.45) is 0 Å². The third-order valence-electron chi connectivity index (χ3n) is 1.64. The number of ether oxygens (including phenoxy) is 1. The third-order valence-corrected chi connectivity index (χ3v) is 1.64. The topological polar surface area (TPSA) is 21.3 Å². The maximum absolute atomic E-state index is 5.17. The van der Waals surface area contributed by atoms with E-state index in [4.69, 9.17) is 4.74 Å². The first-order valence-electron chi connectivity index (χ1n) is 4.64. The second-order valence-corrected chi connectivity index (χ2v) is 2.86. The lowest BCUT2D eigenvalue weighted by Gasteiger charge is -2.03. The van der Waals surface area contributed by atoms with E-state index in [1.165, 1.54) is 5.56 Å². The SMILES string of the molecule is CCCO[CH]NCc1ccccc1. The number of rotatable bonds is 6. The summed E-state index contributed by atoms with van der Waals surface area (Å²) >= 11 is 0. The van der Waals surface area contributed by atoms with Gasteiger partial charge < -0.3 is 4.74 Å². The molecule has 1 rings (SSSR count). The lowest BCUT2D eigenvalue weighted by Crippen LogP contribution is -2.11. The Balaban J connectivity index is 2.07. The molecule has 0 aliphatic heterocycles. The van der Waals surface area contributed by atoms with Crippen LogP contribution in [0.2, 0.25) is 0 Å². The van der Waals surface area contributed by atoms with Crippen LogP contribution in [0.5, 0.6) is 0 Å². The highest BCUT2D eigenvalue weighted by atomic mass is 16.5. The molecule has 0 heterocycles. The summed E-state index contributed by atoms with van der Waals surface area (Å²) in [5.74, 6) is 0. The van der Waals surface area contributed by atoms with Gasteiger partial charge in [0.05, 0.1) is 0 Å². The van der Waals surface area contributed by atoms with E-state index in [9.17, 15) is 0 Å². The Kier molecular flexibility index (Phi) is 5.22. The highest BCUT2D eigenvalue weighted by Gasteiger charge is 1.90. The van der Waals surface area contributed by atoms with Crippen LogP contribution in [0.25, 0.3) is 0 Å². The number of hydrogen-bond acceptors (Lipinski definition) is 2. The van der Waals surface area contributed by atoms with Gasteiger partial charge in [-0.1, -0.05) is 37.3 Å². The lowest BCUT2D eigenvalue weighted by molar-refractivity contribution is 0.179. The molecule has 0 amide bonds. The molecule has 0 spiro atoms. The first-order chi connectivity index (χ1) is 6.43. The Bertz CT molecular complexity index is 211. The summed E-state index contributed by atoms with van der Waals surface area (Å²) in [7, 11) is 0. The highest BCUT2D eigenvalue weighted by molar-refractivity contribution is 5.14. The van der Waals surface area contributed by atoms with E-state index in [1.807, 2.05) is 18.2 Å². The Labute approximate surface area is 79.9 Å². The van der Waals surface area contributed by atoms with Crippen LogP contribution in [0.15, 0.2) is 30.3 Å². The second-order valence-electron chi connectivity index (χ2n) is 2.86. The number of benzene rings is 1. The zero-order valence-electron chi connectivity index (χ0n) is 7.99. The van der Waals surface area contributed by atoms with Crippen LogP contribution in [0.3, 0.4) is 0 Å². The molecule has 1 aromatic rings. The number of nitrogens with one attached hydrogen (secondary N) is 1. The van der Waals surface area contributed by atoms with Gasteiger partial charge in [-0.15, -0.1) is 0 Å². The molecular weight excluding hydrogens is 162 g/mol. The molecule has 1 aromatic carbocycles. The van der Waals surface area contributed by atoms with Crippen molar-refractivity contribution in [3.8, 4) is 0 Å². The van der Waals surface area contributed by atoms with E-state index in [0.717, 1.165) is 19.6 Å². The van der Waals surface area contributed by atoms with Gasteiger partial charge in [-0.3, -0.25) is 5.32 Å². The molecule has 0 fully saturated rings. The molecule has 2 nitrogen and oxygen atoms in total. The summed E-state index contributed by atoms with van der Waals surface area (Å²) in [6.07, 6.45) is 1.05. The molecule has 13 heavy (non-hydrogen) atoms. The molecule has 71 valence electrons. The summed E-state index contributed by atoms with van der Waals surface area (Å²) < 4.78 is 5.17. The van der Waals surface area contributed by atoms with E-state index in [0.29, 0.717) is 0 Å². The van der Waals surface area contributed by atoms with Crippen molar-refractivity contribution >= 4 is 0 Å². The van der Waals surface area contributed by atoms with Gasteiger partial charge in [0.2, 0.25) is 0 Å². The van der Waals surface area contributed by atoms with Crippen molar-refractivity contribution in [1.82, 2.24) is 5.32 Å². The van der Waals surface area contributed by atoms with Gasteiger partial charge in [0.25, 0.3) is 0 Å².